The molecule has 0 unspecified atom stereocenters. The lowest BCUT2D eigenvalue weighted by molar-refractivity contribution is 0.673. The molecule has 220 valence electrons. The Morgan fingerprint density at radius 2 is 1.04 bits per heavy atom. The molecule has 0 amide bonds. The van der Waals surface area contributed by atoms with Gasteiger partial charge in [0.1, 0.15) is 11.2 Å². The first-order valence-corrected chi connectivity index (χ1v) is 16.7. The van der Waals surface area contributed by atoms with Crippen LogP contribution in [0, 0.1) is 0 Å². The van der Waals surface area contributed by atoms with E-state index in [9.17, 15) is 0 Å². The molecule has 0 radical (unpaired) electrons. The largest absolute Gasteiger partial charge is 0.455 e. The van der Waals surface area contributed by atoms with Gasteiger partial charge in [-0.2, -0.15) is 0 Å². The number of hydrogen-bond donors (Lipinski definition) is 0. The Labute approximate surface area is 275 Å². The number of benzene rings is 8. The molecule has 0 saturated heterocycles. The number of furan rings is 1. The minimum atomic E-state index is 0.886. The molecule has 0 saturated carbocycles. The number of thiophene rings is 1. The minimum Gasteiger partial charge on any atom is -0.455 e. The molecule has 8 aromatic carbocycles. The van der Waals surface area contributed by atoms with Gasteiger partial charge in [0.25, 0.3) is 0 Å². The minimum absolute atomic E-state index is 0.886. The predicted molar refractivity (Wildman–Crippen MR) is 202 cm³/mol. The summed E-state index contributed by atoms with van der Waals surface area (Å²) in [5.41, 5.74) is 7.41. The lowest BCUT2D eigenvalue weighted by Gasteiger charge is -2.28. The highest BCUT2D eigenvalue weighted by Crippen LogP contribution is 2.48. The van der Waals surface area contributed by atoms with E-state index in [1.165, 1.54) is 36.3 Å². The molecule has 2 heterocycles. The molecule has 2 aromatic heterocycles. The molecule has 3 heteroatoms. The van der Waals surface area contributed by atoms with Gasteiger partial charge in [0.2, 0.25) is 0 Å². The normalized spacial score (nSPS) is 11.8. The number of anilines is 3. The second-order valence-corrected chi connectivity index (χ2v) is 13.2. The van der Waals surface area contributed by atoms with Crippen LogP contribution in [0.4, 0.5) is 17.1 Å². The van der Waals surface area contributed by atoms with Crippen molar-refractivity contribution in [2.45, 2.75) is 0 Å². The molecular weight excluding hydrogens is 591 g/mol. The van der Waals surface area contributed by atoms with Crippen molar-refractivity contribution >= 4 is 92.1 Å². The number of hydrogen-bond acceptors (Lipinski definition) is 3. The van der Waals surface area contributed by atoms with Crippen LogP contribution in [0.25, 0.3) is 74.8 Å². The molecule has 2 nitrogen and oxygen atoms in total. The molecule has 0 bridgehead atoms. The highest BCUT2D eigenvalue weighted by molar-refractivity contribution is 7.25. The maximum Gasteiger partial charge on any atom is 0.143 e. The second kappa shape index (κ2) is 10.3. The average molecular weight is 618 g/mol. The maximum atomic E-state index is 6.86. The van der Waals surface area contributed by atoms with E-state index in [4.69, 9.17) is 4.42 Å². The summed E-state index contributed by atoms with van der Waals surface area (Å²) in [6.45, 7) is 0. The van der Waals surface area contributed by atoms with Crippen LogP contribution in [0.1, 0.15) is 0 Å². The molecule has 0 aliphatic rings. The zero-order chi connectivity index (χ0) is 30.9. The third-order valence-electron chi connectivity index (χ3n) is 9.43. The van der Waals surface area contributed by atoms with Crippen LogP contribution in [0.15, 0.2) is 168 Å². The SMILES string of the molecule is c1ccc(-c2cc3oc4c5ccccc5c5ccccc5c4c3cc2N(c2ccccc2)c2ccc3c(c2)sc2ccccc23)cc1. The Morgan fingerprint density at radius 1 is 0.426 bits per heavy atom. The summed E-state index contributed by atoms with van der Waals surface area (Å²) in [6, 6.07) is 58.9. The summed E-state index contributed by atoms with van der Waals surface area (Å²) >= 11 is 1.85. The Kier molecular flexibility index (Phi) is 5.78. The molecule has 0 spiro atoms. The van der Waals surface area contributed by atoms with Gasteiger partial charge in [0.05, 0.1) is 5.69 Å². The molecule has 0 aliphatic carbocycles. The van der Waals surface area contributed by atoms with Crippen molar-refractivity contribution in [2.24, 2.45) is 0 Å². The maximum absolute atomic E-state index is 6.86. The van der Waals surface area contributed by atoms with Crippen LogP contribution in [-0.2, 0) is 0 Å². The quantitative estimate of drug-likeness (QED) is 0.183. The molecule has 0 atom stereocenters. The highest BCUT2D eigenvalue weighted by Gasteiger charge is 2.23. The van der Waals surface area contributed by atoms with E-state index in [1.807, 2.05) is 11.3 Å². The summed E-state index contributed by atoms with van der Waals surface area (Å²) in [5, 5.41) is 9.65. The van der Waals surface area contributed by atoms with E-state index in [-0.39, 0.29) is 0 Å². The zero-order valence-electron chi connectivity index (χ0n) is 25.4. The fourth-order valence-corrected chi connectivity index (χ4v) is 8.47. The summed E-state index contributed by atoms with van der Waals surface area (Å²) in [6.07, 6.45) is 0. The topological polar surface area (TPSA) is 16.4 Å². The van der Waals surface area contributed by atoms with Crippen LogP contribution in [0.5, 0.6) is 0 Å². The van der Waals surface area contributed by atoms with Gasteiger partial charge in [0.15, 0.2) is 0 Å². The van der Waals surface area contributed by atoms with Crippen molar-refractivity contribution in [3.8, 4) is 11.1 Å². The monoisotopic (exact) mass is 617 g/mol. The number of nitrogens with zero attached hydrogens (tertiary/aromatic N) is 1. The fraction of sp³-hybridized carbons (Fsp3) is 0. The Bertz CT molecular complexity index is 2790. The predicted octanol–water partition coefficient (Wildman–Crippen LogP) is 13.4. The summed E-state index contributed by atoms with van der Waals surface area (Å²) in [7, 11) is 0. The standard InChI is InChI=1S/C44H27NOS/c1-3-13-28(14-4-1)37-27-40-38(43-35-20-9-7-17-31(35)32-18-8-10-21-36(32)44(43)46-40)26-39(37)45(29-15-5-2-6-16-29)30-23-24-34-33-19-11-12-22-41(33)47-42(34)25-30/h1-27H. The number of rotatable bonds is 4. The first kappa shape index (κ1) is 26.3. The Balaban J connectivity index is 1.33. The molecule has 10 aromatic rings. The van der Waals surface area contributed by atoms with Crippen LogP contribution >= 0.6 is 11.3 Å². The van der Waals surface area contributed by atoms with Crippen molar-refractivity contribution in [1.82, 2.24) is 0 Å². The van der Waals surface area contributed by atoms with Crippen LogP contribution in [-0.4, -0.2) is 0 Å². The van der Waals surface area contributed by atoms with E-state index >= 15 is 0 Å². The number of para-hydroxylation sites is 1. The van der Waals surface area contributed by atoms with Gasteiger partial charge < -0.3 is 9.32 Å². The first-order valence-electron chi connectivity index (χ1n) is 15.9. The first-order chi connectivity index (χ1) is 23.3. The van der Waals surface area contributed by atoms with Crippen molar-refractivity contribution in [3.05, 3.63) is 164 Å². The van der Waals surface area contributed by atoms with Gasteiger partial charge in [-0.3, -0.25) is 0 Å². The third-order valence-corrected chi connectivity index (χ3v) is 10.6. The van der Waals surface area contributed by atoms with E-state index in [0.717, 1.165) is 55.5 Å². The zero-order valence-corrected chi connectivity index (χ0v) is 26.2. The van der Waals surface area contributed by atoms with Gasteiger partial charge in [-0.25, -0.2) is 0 Å². The van der Waals surface area contributed by atoms with Crippen molar-refractivity contribution < 1.29 is 4.42 Å². The van der Waals surface area contributed by atoms with Crippen LogP contribution < -0.4 is 4.90 Å². The molecule has 0 N–H and O–H groups in total. The lowest BCUT2D eigenvalue weighted by atomic mass is 9.95. The molecule has 0 aliphatic heterocycles. The molecule has 10 rings (SSSR count). The third kappa shape index (κ3) is 4.04. The van der Waals surface area contributed by atoms with Gasteiger partial charge in [-0.1, -0.05) is 121 Å². The highest BCUT2D eigenvalue weighted by atomic mass is 32.1. The van der Waals surface area contributed by atoms with Gasteiger partial charge in [-0.05, 0) is 64.2 Å². The van der Waals surface area contributed by atoms with Crippen molar-refractivity contribution in [3.63, 3.8) is 0 Å². The average Bonchev–Trinajstić information content (AvgIpc) is 3.71. The van der Waals surface area contributed by atoms with Gasteiger partial charge in [0, 0.05) is 53.3 Å². The van der Waals surface area contributed by atoms with Gasteiger partial charge in [-0.15, -0.1) is 11.3 Å². The van der Waals surface area contributed by atoms with Gasteiger partial charge >= 0.3 is 0 Å². The number of fused-ring (bicyclic) bond motifs is 11. The molecule has 47 heavy (non-hydrogen) atoms. The smallest absolute Gasteiger partial charge is 0.143 e. The van der Waals surface area contributed by atoms with E-state index in [2.05, 4.69) is 169 Å². The van der Waals surface area contributed by atoms with Crippen molar-refractivity contribution in [1.29, 1.82) is 0 Å². The van der Waals surface area contributed by atoms with E-state index in [0.29, 0.717) is 0 Å². The van der Waals surface area contributed by atoms with E-state index < -0.39 is 0 Å². The molecular formula is C44H27NOS. The Morgan fingerprint density at radius 3 is 1.83 bits per heavy atom. The fourth-order valence-electron chi connectivity index (χ4n) is 7.33. The summed E-state index contributed by atoms with van der Waals surface area (Å²) in [5.74, 6) is 0. The summed E-state index contributed by atoms with van der Waals surface area (Å²) in [4.78, 5) is 2.41. The second-order valence-electron chi connectivity index (χ2n) is 12.1. The van der Waals surface area contributed by atoms with Crippen molar-refractivity contribution in [2.75, 3.05) is 4.90 Å². The summed E-state index contributed by atoms with van der Waals surface area (Å²) < 4.78 is 9.44. The van der Waals surface area contributed by atoms with E-state index in [1.54, 1.807) is 0 Å². The molecule has 0 fully saturated rings. The van der Waals surface area contributed by atoms with Crippen LogP contribution in [0.2, 0.25) is 0 Å². The lowest BCUT2D eigenvalue weighted by Crippen LogP contribution is -2.11. The Hall–Kier alpha value is -5.90. The van der Waals surface area contributed by atoms with Crippen LogP contribution in [0.3, 0.4) is 0 Å².